The molecule has 0 radical (unpaired) electrons. The van der Waals surface area contributed by atoms with Gasteiger partial charge in [-0.05, 0) is 23.8 Å². The lowest BCUT2D eigenvalue weighted by molar-refractivity contribution is 0.141. The molecule has 1 aromatic heterocycles. The van der Waals surface area contributed by atoms with Gasteiger partial charge in [0.15, 0.2) is 0 Å². The van der Waals surface area contributed by atoms with Crippen LogP contribution in [0, 0.1) is 5.41 Å². The van der Waals surface area contributed by atoms with Crippen LogP contribution in [0.15, 0.2) is 42.9 Å². The maximum atomic E-state index is 6.50. The van der Waals surface area contributed by atoms with E-state index in [0.717, 1.165) is 11.3 Å². The van der Waals surface area contributed by atoms with Gasteiger partial charge >= 0.3 is 0 Å². The van der Waals surface area contributed by atoms with E-state index in [1.165, 1.54) is 25.7 Å². The molecule has 1 heterocycles. The summed E-state index contributed by atoms with van der Waals surface area (Å²) < 4.78 is 2.33. The quantitative estimate of drug-likeness (QED) is 0.922. The van der Waals surface area contributed by atoms with E-state index in [4.69, 9.17) is 5.73 Å². The number of hydrogen-bond donors (Lipinski definition) is 1. The fourth-order valence-corrected chi connectivity index (χ4v) is 3.64. The molecule has 3 nitrogen and oxygen atoms in total. The highest BCUT2D eigenvalue weighted by atomic mass is 15.1. The summed E-state index contributed by atoms with van der Waals surface area (Å²) in [6.45, 7) is 4.74. The van der Waals surface area contributed by atoms with Crippen LogP contribution in [-0.2, 0) is 0 Å². The van der Waals surface area contributed by atoms with Gasteiger partial charge in [-0.1, -0.05) is 57.0 Å². The average Bonchev–Trinajstić information content (AvgIpc) is 2.96. The van der Waals surface area contributed by atoms with Crippen LogP contribution >= 0.6 is 0 Å². The van der Waals surface area contributed by atoms with E-state index in [-0.39, 0.29) is 6.04 Å². The van der Waals surface area contributed by atoms with Gasteiger partial charge in [0.1, 0.15) is 0 Å². The highest BCUT2D eigenvalue weighted by molar-refractivity contribution is 5.27. The zero-order chi connectivity index (χ0) is 14.9. The molecule has 21 heavy (non-hydrogen) atoms. The fourth-order valence-electron chi connectivity index (χ4n) is 3.64. The predicted octanol–water partition coefficient (Wildman–Crippen LogP) is 4.07. The predicted molar refractivity (Wildman–Crippen MR) is 86.0 cm³/mol. The van der Waals surface area contributed by atoms with Crippen LogP contribution in [0.3, 0.4) is 0 Å². The number of rotatable bonds is 3. The lowest BCUT2D eigenvalue weighted by atomic mass is 9.73. The largest absolute Gasteiger partial charge is 0.329 e. The Morgan fingerprint density at radius 2 is 2.00 bits per heavy atom. The van der Waals surface area contributed by atoms with Crippen molar-refractivity contribution in [2.24, 2.45) is 11.1 Å². The second-order valence-electron chi connectivity index (χ2n) is 6.86. The fraction of sp³-hybridized carbons (Fsp3) is 0.500. The van der Waals surface area contributed by atoms with Gasteiger partial charge in [-0.15, -0.1) is 0 Å². The Morgan fingerprint density at radius 3 is 2.71 bits per heavy atom. The zero-order valence-electron chi connectivity index (χ0n) is 13.0. The Kier molecular flexibility index (Phi) is 3.85. The third-order valence-electron chi connectivity index (χ3n) is 4.96. The molecule has 2 N–H and O–H groups in total. The van der Waals surface area contributed by atoms with Gasteiger partial charge in [-0.2, -0.15) is 0 Å². The van der Waals surface area contributed by atoms with Gasteiger partial charge in [-0.25, -0.2) is 4.98 Å². The zero-order valence-corrected chi connectivity index (χ0v) is 13.0. The van der Waals surface area contributed by atoms with E-state index >= 15 is 0 Å². The Morgan fingerprint density at radius 1 is 1.24 bits per heavy atom. The standard InChI is InChI=1S/C18H25N3/c1-18(2)11-7-6-10-16(18)21-13-20-12-15(21)17(19)14-8-4-3-5-9-14/h3-5,8-9,12-13,16-17H,6-7,10-11,19H2,1-2H3. The Labute approximate surface area is 127 Å². The Bertz CT molecular complexity index is 586. The lowest BCUT2D eigenvalue weighted by Crippen LogP contribution is -2.32. The molecule has 1 fully saturated rings. The third kappa shape index (κ3) is 2.75. The van der Waals surface area contributed by atoms with Crippen molar-refractivity contribution < 1.29 is 0 Å². The van der Waals surface area contributed by atoms with Crippen LogP contribution in [0.25, 0.3) is 0 Å². The number of hydrogen-bond acceptors (Lipinski definition) is 2. The molecule has 3 rings (SSSR count). The van der Waals surface area contributed by atoms with E-state index in [1.54, 1.807) is 0 Å². The highest BCUT2D eigenvalue weighted by Gasteiger charge is 2.34. The summed E-state index contributed by atoms with van der Waals surface area (Å²) >= 11 is 0. The molecule has 0 bridgehead atoms. The minimum Gasteiger partial charge on any atom is -0.329 e. The summed E-state index contributed by atoms with van der Waals surface area (Å²) in [5, 5.41) is 0. The number of imidazole rings is 1. The normalized spacial score (nSPS) is 22.9. The molecule has 112 valence electrons. The first-order chi connectivity index (χ1) is 10.1. The number of nitrogens with zero attached hydrogens (tertiary/aromatic N) is 2. The molecule has 2 aromatic rings. The maximum Gasteiger partial charge on any atom is 0.0951 e. The molecule has 0 aliphatic heterocycles. The SMILES string of the molecule is CC1(C)CCCCC1n1cncc1C(N)c1ccccc1. The van der Waals surface area contributed by atoms with Gasteiger partial charge in [0.25, 0.3) is 0 Å². The van der Waals surface area contributed by atoms with Gasteiger partial charge in [0.05, 0.1) is 24.3 Å². The molecule has 2 unspecified atom stereocenters. The van der Waals surface area contributed by atoms with Crippen molar-refractivity contribution in [2.75, 3.05) is 0 Å². The molecule has 3 heteroatoms. The summed E-state index contributed by atoms with van der Waals surface area (Å²) in [5.74, 6) is 0. The summed E-state index contributed by atoms with van der Waals surface area (Å²) in [6.07, 6.45) is 9.02. The highest BCUT2D eigenvalue weighted by Crippen LogP contribution is 2.44. The van der Waals surface area contributed by atoms with E-state index in [0.29, 0.717) is 11.5 Å². The minimum atomic E-state index is -0.105. The first-order valence-electron chi connectivity index (χ1n) is 7.92. The first-order valence-corrected chi connectivity index (χ1v) is 7.92. The van der Waals surface area contributed by atoms with Crippen molar-refractivity contribution in [1.82, 2.24) is 9.55 Å². The second-order valence-corrected chi connectivity index (χ2v) is 6.86. The number of aromatic nitrogens is 2. The van der Waals surface area contributed by atoms with Crippen LogP contribution in [0.4, 0.5) is 0 Å². The van der Waals surface area contributed by atoms with Crippen molar-refractivity contribution >= 4 is 0 Å². The van der Waals surface area contributed by atoms with Crippen molar-refractivity contribution in [3.8, 4) is 0 Å². The summed E-state index contributed by atoms with van der Waals surface area (Å²) in [6, 6.07) is 10.7. The molecule has 1 aromatic carbocycles. The van der Waals surface area contributed by atoms with Crippen LogP contribution in [-0.4, -0.2) is 9.55 Å². The molecule has 1 aliphatic carbocycles. The Hall–Kier alpha value is -1.61. The van der Waals surface area contributed by atoms with Crippen molar-refractivity contribution in [3.05, 3.63) is 54.1 Å². The van der Waals surface area contributed by atoms with E-state index in [9.17, 15) is 0 Å². The van der Waals surface area contributed by atoms with Crippen molar-refractivity contribution in [3.63, 3.8) is 0 Å². The second kappa shape index (κ2) is 5.64. The van der Waals surface area contributed by atoms with Crippen LogP contribution in [0.2, 0.25) is 0 Å². The smallest absolute Gasteiger partial charge is 0.0951 e. The Balaban J connectivity index is 1.94. The molecular weight excluding hydrogens is 258 g/mol. The maximum absolute atomic E-state index is 6.50. The molecule has 1 aliphatic rings. The summed E-state index contributed by atoms with van der Waals surface area (Å²) in [4.78, 5) is 4.39. The lowest BCUT2D eigenvalue weighted by Gasteiger charge is -2.40. The van der Waals surface area contributed by atoms with Crippen LogP contribution in [0.5, 0.6) is 0 Å². The molecule has 0 saturated heterocycles. The van der Waals surface area contributed by atoms with E-state index in [1.807, 2.05) is 30.7 Å². The number of nitrogens with two attached hydrogens (primary N) is 1. The topological polar surface area (TPSA) is 43.8 Å². The van der Waals surface area contributed by atoms with Gasteiger partial charge < -0.3 is 10.3 Å². The van der Waals surface area contributed by atoms with Gasteiger partial charge in [0, 0.05) is 6.04 Å². The average molecular weight is 283 g/mol. The van der Waals surface area contributed by atoms with Crippen molar-refractivity contribution in [2.45, 2.75) is 51.6 Å². The van der Waals surface area contributed by atoms with E-state index < -0.39 is 0 Å². The molecular formula is C18H25N3. The number of benzene rings is 1. The van der Waals surface area contributed by atoms with E-state index in [2.05, 4.69) is 35.5 Å². The molecule has 0 spiro atoms. The van der Waals surface area contributed by atoms with Crippen LogP contribution in [0.1, 0.15) is 62.9 Å². The van der Waals surface area contributed by atoms with Crippen molar-refractivity contribution in [1.29, 1.82) is 0 Å². The minimum absolute atomic E-state index is 0.105. The van der Waals surface area contributed by atoms with Gasteiger partial charge in [-0.3, -0.25) is 0 Å². The summed E-state index contributed by atoms with van der Waals surface area (Å²) in [7, 11) is 0. The monoisotopic (exact) mass is 283 g/mol. The first kappa shape index (κ1) is 14.3. The van der Waals surface area contributed by atoms with Gasteiger partial charge in [0.2, 0.25) is 0 Å². The molecule has 2 atom stereocenters. The third-order valence-corrected chi connectivity index (χ3v) is 4.96. The summed E-state index contributed by atoms with van der Waals surface area (Å²) in [5.41, 5.74) is 9.08. The molecule has 1 saturated carbocycles. The van der Waals surface area contributed by atoms with Crippen LogP contribution < -0.4 is 5.73 Å². The molecule has 0 amide bonds.